The van der Waals surface area contributed by atoms with Crippen molar-refractivity contribution in [3.05, 3.63) is 36.5 Å². The Bertz CT molecular complexity index is 689. The highest BCUT2D eigenvalue weighted by atomic mass is 16.5. The van der Waals surface area contributed by atoms with Gasteiger partial charge in [-0.1, -0.05) is 0 Å². The zero-order valence-corrected chi connectivity index (χ0v) is 10.0. The van der Waals surface area contributed by atoms with Gasteiger partial charge >= 0.3 is 0 Å². The molecule has 0 N–H and O–H groups in total. The number of aromatic nitrogens is 5. The first-order valence-electron chi connectivity index (χ1n) is 5.46. The summed E-state index contributed by atoms with van der Waals surface area (Å²) in [7, 11) is 1.59. The van der Waals surface area contributed by atoms with Crippen LogP contribution in [0.4, 0.5) is 0 Å². The average Bonchev–Trinajstić information content (AvgIpc) is 2.78. The standard InChI is InChI=1S/C12H11N5O/c1-8-15-12-14-6-10(7-17(12)16-8)9-3-4-11(18-2)13-5-9/h3-7H,1-2H3. The van der Waals surface area contributed by atoms with E-state index in [-0.39, 0.29) is 0 Å². The minimum Gasteiger partial charge on any atom is -0.481 e. The van der Waals surface area contributed by atoms with Gasteiger partial charge in [0.15, 0.2) is 0 Å². The molecule has 0 aliphatic carbocycles. The molecule has 0 unspecified atom stereocenters. The fraction of sp³-hybridized carbons (Fsp3) is 0.167. The third-order valence-corrected chi connectivity index (χ3v) is 2.58. The number of hydrogen-bond donors (Lipinski definition) is 0. The first-order valence-corrected chi connectivity index (χ1v) is 5.46. The van der Waals surface area contributed by atoms with Crippen molar-refractivity contribution in [1.82, 2.24) is 24.6 Å². The number of aryl methyl sites for hydroxylation is 1. The molecular formula is C12H11N5O. The number of rotatable bonds is 2. The summed E-state index contributed by atoms with van der Waals surface area (Å²) in [5.74, 6) is 1.88. The maximum Gasteiger partial charge on any atom is 0.252 e. The summed E-state index contributed by atoms with van der Waals surface area (Å²) < 4.78 is 6.69. The molecule has 0 radical (unpaired) electrons. The van der Waals surface area contributed by atoms with Gasteiger partial charge in [-0.2, -0.15) is 10.1 Å². The Morgan fingerprint density at radius 3 is 2.67 bits per heavy atom. The van der Waals surface area contributed by atoms with Crippen molar-refractivity contribution < 1.29 is 4.74 Å². The molecule has 6 nitrogen and oxygen atoms in total. The highest BCUT2D eigenvalue weighted by molar-refractivity contribution is 5.61. The topological polar surface area (TPSA) is 65.2 Å². The highest BCUT2D eigenvalue weighted by Crippen LogP contribution is 2.19. The summed E-state index contributed by atoms with van der Waals surface area (Å²) in [6.45, 7) is 1.84. The molecule has 3 rings (SSSR count). The zero-order valence-electron chi connectivity index (χ0n) is 10.0. The zero-order chi connectivity index (χ0) is 12.5. The lowest BCUT2D eigenvalue weighted by Gasteiger charge is -2.02. The Labute approximate surface area is 103 Å². The van der Waals surface area contributed by atoms with Crippen LogP contribution in [0.2, 0.25) is 0 Å². The first-order chi connectivity index (χ1) is 8.76. The van der Waals surface area contributed by atoms with Crippen LogP contribution >= 0.6 is 0 Å². The second-order valence-corrected chi connectivity index (χ2v) is 3.84. The molecule has 0 atom stereocenters. The van der Waals surface area contributed by atoms with Crippen molar-refractivity contribution in [3.8, 4) is 17.0 Å². The Kier molecular flexibility index (Phi) is 2.40. The summed E-state index contributed by atoms with van der Waals surface area (Å²) in [4.78, 5) is 12.6. The van der Waals surface area contributed by atoms with E-state index in [1.54, 1.807) is 24.0 Å². The SMILES string of the molecule is COc1ccc(-c2cnc3nc(C)nn3c2)cn1. The predicted molar refractivity (Wildman–Crippen MR) is 65.3 cm³/mol. The highest BCUT2D eigenvalue weighted by Gasteiger charge is 2.04. The van der Waals surface area contributed by atoms with Crippen LogP contribution in [0.25, 0.3) is 16.9 Å². The van der Waals surface area contributed by atoms with Crippen molar-refractivity contribution in [1.29, 1.82) is 0 Å². The van der Waals surface area contributed by atoms with Crippen LogP contribution in [-0.2, 0) is 0 Å². The van der Waals surface area contributed by atoms with E-state index in [1.807, 2.05) is 25.3 Å². The number of pyridine rings is 1. The van der Waals surface area contributed by atoms with Gasteiger partial charge in [0, 0.05) is 35.8 Å². The molecule has 0 amide bonds. The third kappa shape index (κ3) is 1.77. The number of fused-ring (bicyclic) bond motifs is 1. The fourth-order valence-electron chi connectivity index (χ4n) is 1.71. The predicted octanol–water partition coefficient (Wildman–Crippen LogP) is 1.50. The summed E-state index contributed by atoms with van der Waals surface area (Å²) in [5.41, 5.74) is 1.89. The van der Waals surface area contributed by atoms with E-state index in [4.69, 9.17) is 4.74 Å². The van der Waals surface area contributed by atoms with Crippen molar-refractivity contribution in [3.63, 3.8) is 0 Å². The number of ether oxygens (including phenoxy) is 1. The molecular weight excluding hydrogens is 230 g/mol. The van der Waals surface area contributed by atoms with Crippen LogP contribution in [-0.4, -0.2) is 31.7 Å². The van der Waals surface area contributed by atoms with E-state index >= 15 is 0 Å². The summed E-state index contributed by atoms with van der Waals surface area (Å²) in [5, 5.41) is 4.23. The normalized spacial score (nSPS) is 10.8. The van der Waals surface area contributed by atoms with Gasteiger partial charge in [-0.25, -0.2) is 14.5 Å². The minimum atomic E-state index is 0.587. The van der Waals surface area contributed by atoms with Crippen molar-refractivity contribution in [2.45, 2.75) is 6.92 Å². The molecule has 0 saturated carbocycles. The molecule has 0 fully saturated rings. The van der Waals surface area contributed by atoms with Gasteiger partial charge < -0.3 is 4.74 Å². The Morgan fingerprint density at radius 2 is 1.94 bits per heavy atom. The second-order valence-electron chi connectivity index (χ2n) is 3.84. The van der Waals surface area contributed by atoms with Gasteiger partial charge in [-0.15, -0.1) is 0 Å². The van der Waals surface area contributed by atoms with E-state index in [2.05, 4.69) is 20.1 Å². The van der Waals surface area contributed by atoms with Gasteiger partial charge in [0.05, 0.1) is 7.11 Å². The Morgan fingerprint density at radius 1 is 1.11 bits per heavy atom. The maximum atomic E-state index is 5.02. The molecule has 0 saturated heterocycles. The van der Waals surface area contributed by atoms with Gasteiger partial charge in [0.2, 0.25) is 5.88 Å². The molecule has 3 aromatic heterocycles. The van der Waals surface area contributed by atoms with Gasteiger partial charge in [0.25, 0.3) is 5.78 Å². The monoisotopic (exact) mass is 241 g/mol. The molecule has 0 aliphatic rings. The van der Waals surface area contributed by atoms with E-state index in [1.165, 1.54) is 0 Å². The third-order valence-electron chi connectivity index (χ3n) is 2.58. The molecule has 0 aliphatic heterocycles. The second kappa shape index (κ2) is 4.06. The molecule has 18 heavy (non-hydrogen) atoms. The van der Waals surface area contributed by atoms with E-state index in [9.17, 15) is 0 Å². The lowest BCUT2D eigenvalue weighted by molar-refractivity contribution is 0.398. The van der Waals surface area contributed by atoms with Crippen LogP contribution in [0.5, 0.6) is 5.88 Å². The summed E-state index contributed by atoms with van der Waals surface area (Å²) >= 11 is 0. The van der Waals surface area contributed by atoms with Crippen LogP contribution in [0.15, 0.2) is 30.7 Å². The quantitative estimate of drug-likeness (QED) is 0.680. The van der Waals surface area contributed by atoms with Crippen molar-refractivity contribution >= 4 is 5.78 Å². The van der Waals surface area contributed by atoms with Gasteiger partial charge in [-0.3, -0.25) is 0 Å². The Hall–Kier alpha value is -2.50. The van der Waals surface area contributed by atoms with Crippen molar-refractivity contribution in [2.75, 3.05) is 7.11 Å². The molecule has 0 aromatic carbocycles. The molecule has 0 spiro atoms. The fourth-order valence-corrected chi connectivity index (χ4v) is 1.71. The molecule has 3 aromatic rings. The Balaban J connectivity index is 2.06. The largest absolute Gasteiger partial charge is 0.481 e. The molecule has 90 valence electrons. The first kappa shape index (κ1) is 10.6. The molecule has 0 bridgehead atoms. The lowest BCUT2D eigenvalue weighted by atomic mass is 10.1. The maximum absolute atomic E-state index is 5.02. The molecule has 3 heterocycles. The molecule has 6 heteroatoms. The number of methoxy groups -OCH3 is 1. The van der Waals surface area contributed by atoms with Gasteiger partial charge in [-0.05, 0) is 13.0 Å². The smallest absolute Gasteiger partial charge is 0.252 e. The van der Waals surface area contributed by atoms with E-state index < -0.39 is 0 Å². The van der Waals surface area contributed by atoms with Crippen LogP contribution in [0.3, 0.4) is 0 Å². The number of nitrogens with zero attached hydrogens (tertiary/aromatic N) is 5. The van der Waals surface area contributed by atoms with Crippen LogP contribution in [0.1, 0.15) is 5.82 Å². The minimum absolute atomic E-state index is 0.587. The van der Waals surface area contributed by atoms with E-state index in [0.29, 0.717) is 17.5 Å². The summed E-state index contributed by atoms with van der Waals surface area (Å²) in [6, 6.07) is 3.74. The number of hydrogen-bond acceptors (Lipinski definition) is 5. The van der Waals surface area contributed by atoms with Crippen LogP contribution in [0, 0.1) is 6.92 Å². The lowest BCUT2D eigenvalue weighted by Crippen LogP contribution is -1.93. The summed E-state index contributed by atoms with van der Waals surface area (Å²) in [6.07, 6.45) is 5.38. The van der Waals surface area contributed by atoms with Crippen molar-refractivity contribution in [2.24, 2.45) is 0 Å². The average molecular weight is 241 g/mol. The van der Waals surface area contributed by atoms with Crippen LogP contribution < -0.4 is 4.74 Å². The van der Waals surface area contributed by atoms with E-state index in [0.717, 1.165) is 11.1 Å². The van der Waals surface area contributed by atoms with Gasteiger partial charge in [0.1, 0.15) is 5.82 Å².